The van der Waals surface area contributed by atoms with Crippen molar-refractivity contribution >= 4 is 37.9 Å². The van der Waals surface area contributed by atoms with Gasteiger partial charge in [-0.25, -0.2) is 4.39 Å². The van der Waals surface area contributed by atoms with Crippen LogP contribution in [0.3, 0.4) is 0 Å². The molecule has 2 unspecified atom stereocenters. The summed E-state index contributed by atoms with van der Waals surface area (Å²) in [5.74, 6) is 0.496. The summed E-state index contributed by atoms with van der Waals surface area (Å²) in [4.78, 5) is 20.1. The van der Waals surface area contributed by atoms with Gasteiger partial charge in [0.05, 0.1) is 5.03 Å². The first-order valence-electron chi connectivity index (χ1n) is 12.5. The predicted octanol–water partition coefficient (Wildman–Crippen LogP) is 5.43. The summed E-state index contributed by atoms with van der Waals surface area (Å²) in [6.45, 7) is 6.31. The third kappa shape index (κ3) is 7.31. The Morgan fingerprint density at radius 1 is 1.14 bits per heavy atom. The molecule has 1 aliphatic rings. The zero-order valence-corrected chi connectivity index (χ0v) is 23.4. The highest BCUT2D eigenvalue weighted by atomic mass is 32.2. The quantitative estimate of drug-likeness (QED) is 0.352. The Morgan fingerprint density at radius 3 is 2.63 bits per heavy atom. The van der Waals surface area contributed by atoms with Gasteiger partial charge < -0.3 is 14.7 Å². The van der Waals surface area contributed by atoms with Gasteiger partial charge in [-0.3, -0.25) is 4.79 Å². The van der Waals surface area contributed by atoms with Crippen molar-refractivity contribution in [2.45, 2.75) is 51.3 Å². The molecule has 0 fully saturated rings. The summed E-state index contributed by atoms with van der Waals surface area (Å²) in [6, 6.07) is 14.0. The zero-order valence-electron chi connectivity index (χ0n) is 21.5. The highest BCUT2D eigenvalue weighted by Gasteiger charge is 2.28. The second-order valence-corrected chi connectivity index (χ2v) is 10.9. The van der Waals surface area contributed by atoms with E-state index in [9.17, 15) is 9.18 Å². The SMILES string of the molecule is CCCN(C(=O)CN1C(SCc2cccc(P)c2F)=CCc2ccccc21)C(CC)CCN(C)C. The van der Waals surface area contributed by atoms with Crippen LogP contribution in [-0.2, 0) is 17.0 Å². The average molecular weight is 516 g/mol. The van der Waals surface area contributed by atoms with Crippen molar-refractivity contribution < 1.29 is 9.18 Å². The molecule has 1 heterocycles. The van der Waals surface area contributed by atoms with Gasteiger partial charge >= 0.3 is 0 Å². The van der Waals surface area contributed by atoms with Crippen molar-refractivity contribution in [1.82, 2.24) is 9.80 Å². The van der Waals surface area contributed by atoms with Crippen LogP contribution in [0.5, 0.6) is 0 Å². The number of hydrogen-bond acceptors (Lipinski definition) is 4. The molecular weight excluding hydrogens is 476 g/mol. The molecule has 2 atom stereocenters. The highest BCUT2D eigenvalue weighted by Crippen LogP contribution is 2.36. The summed E-state index contributed by atoms with van der Waals surface area (Å²) in [5, 5.41) is 1.60. The number of carbonyl (C=O) groups excluding carboxylic acids is 1. The number of rotatable bonds is 12. The molecule has 3 rings (SSSR count). The van der Waals surface area contributed by atoms with Crippen LogP contribution >= 0.6 is 21.0 Å². The lowest BCUT2D eigenvalue weighted by Gasteiger charge is -2.36. The second-order valence-electron chi connectivity index (χ2n) is 9.31. The van der Waals surface area contributed by atoms with E-state index in [2.05, 4.69) is 70.1 Å². The monoisotopic (exact) mass is 515 g/mol. The van der Waals surface area contributed by atoms with Crippen molar-refractivity contribution in [2.75, 3.05) is 38.6 Å². The minimum Gasteiger partial charge on any atom is -0.338 e. The maximum atomic E-state index is 14.6. The molecule has 2 aromatic rings. The van der Waals surface area contributed by atoms with Gasteiger partial charge in [0.1, 0.15) is 12.4 Å². The summed E-state index contributed by atoms with van der Waals surface area (Å²) in [5.41, 5.74) is 2.96. The van der Waals surface area contributed by atoms with Crippen LogP contribution in [0.15, 0.2) is 53.6 Å². The lowest BCUT2D eigenvalue weighted by molar-refractivity contribution is -0.132. The van der Waals surface area contributed by atoms with Gasteiger partial charge in [0.2, 0.25) is 5.91 Å². The lowest BCUT2D eigenvalue weighted by Crippen LogP contribution is -2.47. The van der Waals surface area contributed by atoms with Crippen LogP contribution in [0.4, 0.5) is 10.1 Å². The molecule has 1 aliphatic heterocycles. The summed E-state index contributed by atoms with van der Waals surface area (Å²) >= 11 is 1.60. The molecule has 0 aromatic heterocycles. The van der Waals surface area contributed by atoms with Crippen LogP contribution in [0.25, 0.3) is 0 Å². The number of fused-ring (bicyclic) bond motifs is 1. The summed E-state index contributed by atoms with van der Waals surface area (Å²) < 4.78 is 14.6. The van der Waals surface area contributed by atoms with Crippen molar-refractivity contribution in [3.8, 4) is 0 Å². The number of allylic oxidation sites excluding steroid dienone is 1. The molecular formula is C28H39FN3OPS. The van der Waals surface area contributed by atoms with Crippen molar-refractivity contribution in [3.63, 3.8) is 0 Å². The van der Waals surface area contributed by atoms with Gasteiger partial charge in [-0.15, -0.1) is 21.0 Å². The number of para-hydroxylation sites is 1. The fourth-order valence-corrected chi connectivity index (χ4v) is 5.84. The van der Waals surface area contributed by atoms with Crippen LogP contribution < -0.4 is 10.2 Å². The highest BCUT2D eigenvalue weighted by molar-refractivity contribution is 8.02. The first-order valence-corrected chi connectivity index (χ1v) is 14.1. The number of hydrogen-bond donors (Lipinski definition) is 0. The van der Waals surface area contributed by atoms with Crippen molar-refractivity contribution in [1.29, 1.82) is 0 Å². The molecule has 0 spiro atoms. The van der Waals surface area contributed by atoms with E-state index >= 15 is 0 Å². The first kappa shape index (κ1) is 27.7. The van der Waals surface area contributed by atoms with Crippen molar-refractivity contribution in [2.24, 2.45) is 0 Å². The largest absolute Gasteiger partial charge is 0.338 e. The summed E-state index contributed by atoms with van der Waals surface area (Å²) in [6.07, 6.45) is 5.83. The fraction of sp³-hybridized carbons (Fsp3) is 0.464. The molecule has 0 aliphatic carbocycles. The number of thioether (sulfide) groups is 1. The van der Waals surface area contributed by atoms with Gasteiger partial charge in [0.15, 0.2) is 0 Å². The zero-order chi connectivity index (χ0) is 25.4. The molecule has 7 heteroatoms. The van der Waals surface area contributed by atoms with Gasteiger partial charge in [-0.2, -0.15) is 0 Å². The molecule has 2 aromatic carbocycles. The number of carbonyl (C=O) groups is 1. The maximum absolute atomic E-state index is 14.6. The number of nitrogens with zero attached hydrogens (tertiary/aromatic N) is 3. The van der Waals surface area contributed by atoms with Gasteiger partial charge in [0.25, 0.3) is 0 Å². The Labute approximate surface area is 217 Å². The van der Waals surface area contributed by atoms with E-state index in [1.807, 2.05) is 24.3 Å². The lowest BCUT2D eigenvalue weighted by atomic mass is 10.1. The van der Waals surface area contributed by atoms with Crippen LogP contribution in [0.1, 0.15) is 44.2 Å². The first-order chi connectivity index (χ1) is 16.8. The number of anilines is 1. The minimum atomic E-state index is -0.176. The standard InChI is InChI=1S/C28H39FN3OPS/c1-5-17-31(23(6-2)16-18-30(3)4)26(33)19-32-24-12-8-7-10-21(24)14-15-27(32)35-20-22-11-9-13-25(34)28(22)29/h7-13,15,23H,5-6,14,16-20,34H2,1-4H3. The molecule has 0 saturated heterocycles. The van der Waals surface area contributed by atoms with Crippen LogP contribution in [-0.4, -0.2) is 55.5 Å². The molecule has 4 nitrogen and oxygen atoms in total. The Bertz CT molecular complexity index is 1030. The number of benzene rings is 2. The summed E-state index contributed by atoms with van der Waals surface area (Å²) in [7, 11) is 6.61. The van der Waals surface area contributed by atoms with E-state index in [4.69, 9.17) is 0 Å². The fourth-order valence-electron chi connectivity index (χ4n) is 4.50. The number of amides is 1. The van der Waals surface area contributed by atoms with Crippen LogP contribution in [0.2, 0.25) is 0 Å². The smallest absolute Gasteiger partial charge is 0.242 e. The Balaban J connectivity index is 1.82. The van der Waals surface area contributed by atoms with Gasteiger partial charge in [-0.1, -0.05) is 50.2 Å². The van der Waals surface area contributed by atoms with Crippen molar-refractivity contribution in [3.05, 3.63) is 70.5 Å². The Morgan fingerprint density at radius 2 is 1.91 bits per heavy atom. The van der Waals surface area contributed by atoms with E-state index in [-0.39, 0.29) is 17.8 Å². The molecule has 190 valence electrons. The second kappa shape index (κ2) is 13.4. The molecule has 0 N–H and O–H groups in total. The molecule has 1 amide bonds. The molecule has 0 saturated carbocycles. The van der Waals surface area contributed by atoms with Gasteiger partial charge in [0, 0.05) is 29.3 Å². The Hall–Kier alpha value is -1.88. The topological polar surface area (TPSA) is 26.8 Å². The molecule has 0 bridgehead atoms. The van der Waals surface area contributed by atoms with E-state index in [0.717, 1.165) is 49.5 Å². The van der Waals surface area contributed by atoms with Gasteiger partial charge in [-0.05, 0) is 69.6 Å². The third-order valence-corrected chi connectivity index (χ3v) is 8.01. The van der Waals surface area contributed by atoms with E-state index in [1.54, 1.807) is 17.8 Å². The molecule has 0 radical (unpaired) electrons. The van der Waals surface area contributed by atoms with E-state index < -0.39 is 0 Å². The minimum absolute atomic E-state index is 0.152. The number of halogens is 1. The van der Waals surface area contributed by atoms with Crippen LogP contribution in [0, 0.1) is 5.82 Å². The predicted molar refractivity (Wildman–Crippen MR) is 152 cm³/mol. The van der Waals surface area contributed by atoms with E-state index in [0.29, 0.717) is 23.2 Å². The third-order valence-electron chi connectivity index (χ3n) is 6.43. The molecule has 35 heavy (non-hydrogen) atoms. The maximum Gasteiger partial charge on any atom is 0.242 e. The van der Waals surface area contributed by atoms with E-state index in [1.165, 1.54) is 5.56 Å². The Kier molecular flexibility index (Phi) is 10.6. The normalized spacial score (nSPS) is 14.0. The average Bonchev–Trinajstić information content (AvgIpc) is 2.85.